The molecule has 2 saturated heterocycles. The van der Waals surface area contributed by atoms with Gasteiger partial charge in [0, 0.05) is 37.2 Å². The van der Waals surface area contributed by atoms with Crippen LogP contribution in [0.4, 0.5) is 5.95 Å². The van der Waals surface area contributed by atoms with Crippen LogP contribution in [0.25, 0.3) is 10.9 Å². The molecule has 1 aromatic heterocycles. The number of aryl methyl sites for hydroxylation is 1. The molecule has 9 nitrogen and oxygen atoms in total. The lowest BCUT2D eigenvalue weighted by atomic mass is 9.95. The fourth-order valence-electron chi connectivity index (χ4n) is 4.60. The summed E-state index contributed by atoms with van der Waals surface area (Å²) in [5.41, 5.74) is 1.37. The highest BCUT2D eigenvalue weighted by Crippen LogP contribution is 2.28. The summed E-state index contributed by atoms with van der Waals surface area (Å²) in [6, 6.07) is 4.43. The van der Waals surface area contributed by atoms with E-state index < -0.39 is 15.9 Å². The second-order valence-electron chi connectivity index (χ2n) is 8.53. The predicted molar refractivity (Wildman–Crippen MR) is 119 cm³/mol. The lowest BCUT2D eigenvalue weighted by Crippen LogP contribution is -2.47. The molecule has 2 fully saturated rings. The van der Waals surface area contributed by atoms with Crippen LogP contribution in [0.2, 0.25) is 0 Å². The lowest BCUT2D eigenvalue weighted by Gasteiger charge is -2.34. The Labute approximate surface area is 187 Å². The Balaban J connectivity index is 1.49. The van der Waals surface area contributed by atoms with E-state index in [0.29, 0.717) is 50.4 Å². The maximum Gasteiger partial charge on any atom is 0.328 e. The van der Waals surface area contributed by atoms with E-state index in [0.717, 1.165) is 17.5 Å². The van der Waals surface area contributed by atoms with Crippen LogP contribution >= 0.6 is 0 Å². The van der Waals surface area contributed by atoms with Crippen molar-refractivity contribution in [1.29, 1.82) is 0 Å². The molecule has 2 aliphatic heterocycles. The van der Waals surface area contributed by atoms with Crippen LogP contribution in [0.5, 0.6) is 0 Å². The Morgan fingerprint density at radius 1 is 1.09 bits per heavy atom. The molecule has 2 aliphatic rings. The summed E-state index contributed by atoms with van der Waals surface area (Å²) >= 11 is 0. The number of hydrogen-bond donors (Lipinski definition) is 0. The molecule has 2 aromatic rings. The molecule has 0 aliphatic carbocycles. The van der Waals surface area contributed by atoms with E-state index in [9.17, 15) is 18.0 Å². The van der Waals surface area contributed by atoms with Gasteiger partial charge in [-0.1, -0.05) is 0 Å². The van der Waals surface area contributed by atoms with E-state index in [-0.39, 0.29) is 22.7 Å². The van der Waals surface area contributed by atoms with Gasteiger partial charge in [0.2, 0.25) is 11.9 Å². The van der Waals surface area contributed by atoms with Gasteiger partial charge in [0.1, 0.15) is 6.04 Å². The van der Waals surface area contributed by atoms with Crippen molar-refractivity contribution in [1.82, 2.24) is 14.9 Å². The van der Waals surface area contributed by atoms with Crippen molar-refractivity contribution in [3.8, 4) is 0 Å². The number of benzene rings is 1. The highest BCUT2D eigenvalue weighted by atomic mass is 32.2. The summed E-state index contributed by atoms with van der Waals surface area (Å²) in [5.74, 6) is 0.0720. The minimum absolute atomic E-state index is 0.0194. The standard InChI is InChI=1S/C22H28N4O5S/c1-14-17-7-6-16(32(3,29)30)13-18(17)24-22(23-14)25-11-8-15(9-12-25)20(27)26-10-4-5-19(26)21(28)31-2/h6-7,13,15,19H,4-5,8-12H2,1-3H3/t19-/m0/s1. The summed E-state index contributed by atoms with van der Waals surface area (Å²) in [5, 5.41) is 0.814. The minimum Gasteiger partial charge on any atom is -0.467 e. The third-order valence-corrected chi connectivity index (χ3v) is 7.52. The molecule has 0 radical (unpaired) electrons. The first kappa shape index (κ1) is 22.4. The van der Waals surface area contributed by atoms with E-state index in [4.69, 9.17) is 4.74 Å². The summed E-state index contributed by atoms with van der Waals surface area (Å²) in [6.07, 6.45) is 3.93. The predicted octanol–water partition coefficient (Wildman–Crippen LogP) is 1.72. The number of amides is 1. The molecule has 3 heterocycles. The smallest absolute Gasteiger partial charge is 0.328 e. The van der Waals surface area contributed by atoms with Crippen molar-refractivity contribution >= 4 is 38.6 Å². The van der Waals surface area contributed by atoms with Gasteiger partial charge in [0.15, 0.2) is 9.84 Å². The van der Waals surface area contributed by atoms with Gasteiger partial charge in [-0.15, -0.1) is 0 Å². The van der Waals surface area contributed by atoms with Crippen LogP contribution in [0.15, 0.2) is 23.1 Å². The lowest BCUT2D eigenvalue weighted by molar-refractivity contribution is -0.152. The molecule has 0 spiro atoms. The number of ether oxygens (including phenoxy) is 1. The van der Waals surface area contributed by atoms with E-state index in [2.05, 4.69) is 9.97 Å². The topological polar surface area (TPSA) is 110 Å². The normalized spacial score (nSPS) is 20.0. The van der Waals surface area contributed by atoms with Gasteiger partial charge in [0.25, 0.3) is 0 Å². The van der Waals surface area contributed by atoms with Gasteiger partial charge in [-0.3, -0.25) is 4.79 Å². The average Bonchev–Trinajstić information content (AvgIpc) is 3.27. The minimum atomic E-state index is -3.33. The highest BCUT2D eigenvalue weighted by molar-refractivity contribution is 7.90. The monoisotopic (exact) mass is 460 g/mol. The number of likely N-dealkylation sites (tertiary alicyclic amines) is 1. The van der Waals surface area contributed by atoms with E-state index in [1.807, 2.05) is 11.8 Å². The number of sulfone groups is 1. The van der Waals surface area contributed by atoms with Crippen molar-refractivity contribution in [2.24, 2.45) is 5.92 Å². The molecule has 1 atom stereocenters. The van der Waals surface area contributed by atoms with Crippen LogP contribution in [-0.4, -0.2) is 74.2 Å². The number of aromatic nitrogens is 2. The summed E-state index contributed by atoms with van der Waals surface area (Å²) in [6.45, 7) is 3.70. The van der Waals surface area contributed by atoms with Gasteiger partial charge < -0.3 is 14.5 Å². The van der Waals surface area contributed by atoms with Crippen LogP contribution in [-0.2, 0) is 24.2 Å². The van der Waals surface area contributed by atoms with E-state index in [1.165, 1.54) is 13.4 Å². The first-order valence-corrected chi connectivity index (χ1v) is 12.7. The Morgan fingerprint density at radius 2 is 1.81 bits per heavy atom. The number of esters is 1. The SMILES string of the molecule is COC(=O)[C@@H]1CCCN1C(=O)C1CCN(c2nc(C)c3ccc(S(C)(=O)=O)cc3n2)CC1. The van der Waals surface area contributed by atoms with Crippen molar-refractivity contribution in [3.63, 3.8) is 0 Å². The van der Waals surface area contributed by atoms with Gasteiger partial charge >= 0.3 is 5.97 Å². The van der Waals surface area contributed by atoms with Gasteiger partial charge in [-0.2, -0.15) is 0 Å². The Kier molecular flexibility index (Phi) is 6.07. The summed E-state index contributed by atoms with van der Waals surface area (Å²) < 4.78 is 28.7. The molecule has 1 amide bonds. The summed E-state index contributed by atoms with van der Waals surface area (Å²) in [7, 11) is -1.98. The Hall–Kier alpha value is -2.75. The number of nitrogens with zero attached hydrogens (tertiary/aromatic N) is 4. The average molecular weight is 461 g/mol. The van der Waals surface area contributed by atoms with Crippen molar-refractivity contribution < 1.29 is 22.7 Å². The number of fused-ring (bicyclic) bond motifs is 1. The number of piperidine rings is 1. The second-order valence-corrected chi connectivity index (χ2v) is 10.6. The molecule has 32 heavy (non-hydrogen) atoms. The number of hydrogen-bond acceptors (Lipinski definition) is 8. The first-order valence-electron chi connectivity index (χ1n) is 10.8. The van der Waals surface area contributed by atoms with E-state index >= 15 is 0 Å². The van der Waals surface area contributed by atoms with Crippen molar-refractivity contribution in [2.75, 3.05) is 37.9 Å². The molecule has 0 bridgehead atoms. The largest absolute Gasteiger partial charge is 0.467 e. The molecule has 172 valence electrons. The van der Waals surface area contributed by atoms with Crippen LogP contribution in [0.3, 0.4) is 0 Å². The van der Waals surface area contributed by atoms with Crippen LogP contribution in [0.1, 0.15) is 31.4 Å². The fraction of sp³-hybridized carbons (Fsp3) is 0.545. The molecule has 0 N–H and O–H groups in total. The Morgan fingerprint density at radius 3 is 2.47 bits per heavy atom. The van der Waals surface area contributed by atoms with Crippen molar-refractivity contribution in [3.05, 3.63) is 23.9 Å². The zero-order valence-electron chi connectivity index (χ0n) is 18.6. The molecule has 4 rings (SSSR count). The van der Waals surface area contributed by atoms with E-state index in [1.54, 1.807) is 23.1 Å². The van der Waals surface area contributed by atoms with Crippen LogP contribution < -0.4 is 4.90 Å². The number of anilines is 1. The van der Waals surface area contributed by atoms with Crippen molar-refractivity contribution in [2.45, 2.75) is 43.5 Å². The highest BCUT2D eigenvalue weighted by Gasteiger charge is 2.38. The molecular formula is C22H28N4O5S. The number of rotatable bonds is 4. The number of carbonyl (C=O) groups is 2. The molecule has 1 aromatic carbocycles. The summed E-state index contributed by atoms with van der Waals surface area (Å²) in [4.78, 5) is 38.2. The molecular weight excluding hydrogens is 432 g/mol. The fourth-order valence-corrected chi connectivity index (χ4v) is 5.24. The third-order valence-electron chi connectivity index (χ3n) is 6.41. The maximum absolute atomic E-state index is 13.0. The molecule has 0 saturated carbocycles. The molecule has 10 heteroatoms. The molecule has 0 unspecified atom stereocenters. The van der Waals surface area contributed by atoms with Crippen LogP contribution in [0, 0.1) is 12.8 Å². The zero-order chi connectivity index (χ0) is 23.0. The van der Waals surface area contributed by atoms with Gasteiger partial charge in [-0.05, 0) is 50.8 Å². The quantitative estimate of drug-likeness (QED) is 0.635. The zero-order valence-corrected chi connectivity index (χ0v) is 19.4. The Bertz CT molecular complexity index is 1160. The van der Waals surface area contributed by atoms with Gasteiger partial charge in [0.05, 0.1) is 23.2 Å². The number of methoxy groups -OCH3 is 1. The second kappa shape index (κ2) is 8.65. The van der Waals surface area contributed by atoms with Gasteiger partial charge in [-0.25, -0.2) is 23.2 Å². The first-order chi connectivity index (χ1) is 15.2. The number of carbonyl (C=O) groups excluding carboxylic acids is 2. The third kappa shape index (κ3) is 4.28. The maximum atomic E-state index is 13.0.